The summed E-state index contributed by atoms with van der Waals surface area (Å²) in [5.74, 6) is -1.03. The summed E-state index contributed by atoms with van der Waals surface area (Å²) in [5, 5.41) is 4.14. The molecule has 1 aromatic carbocycles. The van der Waals surface area contributed by atoms with Gasteiger partial charge in [-0.25, -0.2) is 8.42 Å². The van der Waals surface area contributed by atoms with Crippen LogP contribution in [0.2, 0.25) is 0 Å². The van der Waals surface area contributed by atoms with Crippen LogP contribution in [0.4, 0.5) is 0 Å². The van der Waals surface area contributed by atoms with E-state index < -0.39 is 21.7 Å². The highest BCUT2D eigenvalue weighted by Gasteiger charge is 2.16. The highest BCUT2D eigenvalue weighted by atomic mass is 32.2. The Balaban J connectivity index is 2.14. The van der Waals surface area contributed by atoms with Gasteiger partial charge in [0.25, 0.3) is 5.91 Å². The number of amides is 1. The van der Waals surface area contributed by atoms with Crippen LogP contribution in [0.1, 0.15) is 24.3 Å². The lowest BCUT2D eigenvalue weighted by atomic mass is 10.3. The number of ether oxygens (including phenoxy) is 1. The second kappa shape index (κ2) is 8.29. The summed E-state index contributed by atoms with van der Waals surface area (Å²) < 4.78 is 32.5. The first-order valence-electron chi connectivity index (χ1n) is 8.84. The maximum Gasteiger partial charge on any atom is 0.326 e. The van der Waals surface area contributed by atoms with E-state index in [0.29, 0.717) is 16.8 Å². The van der Waals surface area contributed by atoms with Crippen LogP contribution in [0, 0.1) is 0 Å². The molecule has 11 heteroatoms. The molecule has 0 spiro atoms. The predicted molar refractivity (Wildman–Crippen MR) is 107 cm³/mol. The lowest BCUT2D eigenvalue weighted by Crippen LogP contribution is -2.23. The average Bonchev–Trinajstić information content (AvgIpc) is 3.26. The molecular formula is C18H20N4O5S2. The van der Waals surface area contributed by atoms with Gasteiger partial charge in [0.05, 0.1) is 21.7 Å². The minimum atomic E-state index is -3.40. The number of esters is 1. The summed E-state index contributed by atoms with van der Waals surface area (Å²) in [6, 6.07) is 6.13. The molecule has 3 rings (SSSR count). The highest BCUT2D eigenvalue weighted by molar-refractivity contribution is 7.90. The Labute approximate surface area is 171 Å². The molecule has 154 valence electrons. The first-order valence-corrected chi connectivity index (χ1v) is 11.5. The van der Waals surface area contributed by atoms with Gasteiger partial charge in [0, 0.05) is 19.0 Å². The Hall–Kier alpha value is -2.79. The second-order valence-corrected chi connectivity index (χ2v) is 9.18. The molecule has 0 unspecified atom stereocenters. The molecule has 0 saturated carbocycles. The fraction of sp³-hybridized carbons (Fsp3) is 0.333. The second-order valence-electron chi connectivity index (χ2n) is 6.15. The molecule has 29 heavy (non-hydrogen) atoms. The van der Waals surface area contributed by atoms with Crippen molar-refractivity contribution in [3.63, 3.8) is 0 Å². The SMILES string of the molecule is CCOC(=O)Cn1c(=NC(=O)c2ccn(CC)n2)sc2cc(S(C)(=O)=O)ccc21. The average molecular weight is 437 g/mol. The van der Waals surface area contributed by atoms with E-state index in [0.717, 1.165) is 17.6 Å². The van der Waals surface area contributed by atoms with Crippen LogP contribution in [-0.4, -0.2) is 47.5 Å². The summed E-state index contributed by atoms with van der Waals surface area (Å²) >= 11 is 1.12. The molecule has 0 bridgehead atoms. The number of sulfone groups is 1. The van der Waals surface area contributed by atoms with E-state index in [-0.39, 0.29) is 28.5 Å². The predicted octanol–water partition coefficient (Wildman–Crippen LogP) is 1.63. The Kier molecular flexibility index (Phi) is 5.99. The molecule has 1 amide bonds. The molecule has 0 aliphatic heterocycles. The fourth-order valence-electron chi connectivity index (χ4n) is 2.65. The number of carbonyl (C=O) groups is 2. The van der Waals surface area contributed by atoms with E-state index in [2.05, 4.69) is 10.1 Å². The van der Waals surface area contributed by atoms with Gasteiger partial charge in [0.2, 0.25) is 0 Å². The Morgan fingerprint density at radius 1 is 1.24 bits per heavy atom. The van der Waals surface area contributed by atoms with Gasteiger partial charge in [0.15, 0.2) is 20.3 Å². The number of hydrogen-bond acceptors (Lipinski definition) is 7. The van der Waals surface area contributed by atoms with Crippen molar-refractivity contribution in [1.82, 2.24) is 14.3 Å². The molecule has 0 N–H and O–H groups in total. The van der Waals surface area contributed by atoms with Crippen molar-refractivity contribution in [2.75, 3.05) is 12.9 Å². The van der Waals surface area contributed by atoms with Crippen molar-refractivity contribution >= 4 is 43.3 Å². The van der Waals surface area contributed by atoms with Crippen molar-refractivity contribution in [1.29, 1.82) is 0 Å². The van der Waals surface area contributed by atoms with Gasteiger partial charge in [-0.15, -0.1) is 0 Å². The Morgan fingerprint density at radius 2 is 2.00 bits per heavy atom. The molecule has 0 aliphatic rings. The molecule has 0 aliphatic carbocycles. The van der Waals surface area contributed by atoms with Gasteiger partial charge in [-0.1, -0.05) is 11.3 Å². The topological polar surface area (TPSA) is 113 Å². The van der Waals surface area contributed by atoms with Crippen LogP contribution >= 0.6 is 11.3 Å². The molecule has 0 saturated heterocycles. The number of hydrogen-bond donors (Lipinski definition) is 0. The first kappa shape index (κ1) is 20.9. The normalized spacial score (nSPS) is 12.4. The van der Waals surface area contributed by atoms with E-state index in [1.165, 1.54) is 12.1 Å². The molecule has 2 heterocycles. The van der Waals surface area contributed by atoms with Gasteiger partial charge in [-0.2, -0.15) is 10.1 Å². The zero-order valence-electron chi connectivity index (χ0n) is 16.2. The lowest BCUT2D eigenvalue weighted by Gasteiger charge is -2.05. The van der Waals surface area contributed by atoms with Crippen LogP contribution in [0.3, 0.4) is 0 Å². The third kappa shape index (κ3) is 4.62. The maximum absolute atomic E-state index is 12.5. The van der Waals surface area contributed by atoms with E-state index in [4.69, 9.17) is 4.74 Å². The molecule has 9 nitrogen and oxygen atoms in total. The number of benzene rings is 1. The third-order valence-electron chi connectivity index (χ3n) is 4.06. The summed E-state index contributed by atoms with van der Waals surface area (Å²) in [4.78, 5) is 29.1. The summed E-state index contributed by atoms with van der Waals surface area (Å²) in [6.07, 6.45) is 2.80. The van der Waals surface area contributed by atoms with Gasteiger partial charge >= 0.3 is 5.97 Å². The van der Waals surface area contributed by atoms with Crippen molar-refractivity contribution in [3.8, 4) is 0 Å². The van der Waals surface area contributed by atoms with E-state index >= 15 is 0 Å². The van der Waals surface area contributed by atoms with Gasteiger partial charge < -0.3 is 9.30 Å². The monoisotopic (exact) mass is 436 g/mol. The number of fused-ring (bicyclic) bond motifs is 1. The number of aromatic nitrogens is 3. The largest absolute Gasteiger partial charge is 0.465 e. The van der Waals surface area contributed by atoms with E-state index in [9.17, 15) is 18.0 Å². The summed E-state index contributed by atoms with van der Waals surface area (Å²) in [7, 11) is -3.40. The van der Waals surface area contributed by atoms with Crippen molar-refractivity contribution < 1.29 is 22.7 Å². The smallest absolute Gasteiger partial charge is 0.326 e. The molecule has 0 fully saturated rings. The van der Waals surface area contributed by atoms with Crippen LogP contribution in [-0.2, 0) is 32.5 Å². The highest BCUT2D eigenvalue weighted by Crippen LogP contribution is 2.22. The van der Waals surface area contributed by atoms with Gasteiger partial charge in [0.1, 0.15) is 6.54 Å². The van der Waals surface area contributed by atoms with Gasteiger partial charge in [-0.05, 0) is 38.1 Å². The van der Waals surface area contributed by atoms with Crippen molar-refractivity contribution in [2.24, 2.45) is 4.99 Å². The zero-order chi connectivity index (χ0) is 21.2. The van der Waals surface area contributed by atoms with Crippen molar-refractivity contribution in [2.45, 2.75) is 31.8 Å². The molecule has 3 aromatic rings. The van der Waals surface area contributed by atoms with E-state index in [1.807, 2.05) is 6.92 Å². The number of thiazole rings is 1. The standard InChI is InChI=1S/C18H20N4O5S2/c1-4-21-9-8-13(20-21)17(24)19-18-22(11-16(23)27-5-2)14-7-6-12(29(3,25)26)10-15(14)28-18/h6-10H,4-5,11H2,1-3H3. The lowest BCUT2D eigenvalue weighted by molar-refractivity contribution is -0.143. The maximum atomic E-state index is 12.5. The van der Waals surface area contributed by atoms with E-state index in [1.54, 1.807) is 34.5 Å². The molecule has 2 aromatic heterocycles. The molecule has 0 radical (unpaired) electrons. The first-order chi connectivity index (χ1) is 13.7. The summed E-state index contributed by atoms with van der Waals surface area (Å²) in [6.45, 7) is 4.29. The number of rotatable bonds is 6. The fourth-order valence-corrected chi connectivity index (χ4v) is 4.44. The quantitative estimate of drug-likeness (QED) is 0.543. The molecule has 0 atom stereocenters. The van der Waals surface area contributed by atoms with Crippen LogP contribution in [0.15, 0.2) is 40.4 Å². The minimum Gasteiger partial charge on any atom is -0.465 e. The van der Waals surface area contributed by atoms with Crippen LogP contribution in [0.5, 0.6) is 0 Å². The molecular weight excluding hydrogens is 416 g/mol. The number of nitrogens with zero attached hydrogens (tertiary/aromatic N) is 4. The number of aryl methyl sites for hydroxylation is 1. The Bertz CT molecular complexity index is 1250. The number of carbonyl (C=O) groups excluding carboxylic acids is 2. The van der Waals surface area contributed by atoms with Crippen LogP contribution < -0.4 is 4.80 Å². The third-order valence-corrected chi connectivity index (χ3v) is 6.21. The zero-order valence-corrected chi connectivity index (χ0v) is 17.8. The summed E-state index contributed by atoms with van der Waals surface area (Å²) in [5.41, 5.74) is 0.768. The van der Waals surface area contributed by atoms with Crippen LogP contribution in [0.25, 0.3) is 10.2 Å². The minimum absolute atomic E-state index is 0.147. The van der Waals surface area contributed by atoms with Gasteiger partial charge in [-0.3, -0.25) is 14.3 Å². The van der Waals surface area contributed by atoms with Crippen molar-refractivity contribution in [3.05, 3.63) is 41.0 Å². The Morgan fingerprint density at radius 3 is 2.62 bits per heavy atom.